The molecular weight excluding hydrogens is 398 g/mol. The first-order chi connectivity index (χ1) is 13.9. The summed E-state index contributed by atoms with van der Waals surface area (Å²) >= 11 is 4.96. The Morgan fingerprint density at radius 1 is 1.03 bits per heavy atom. The smallest absolute Gasteiger partial charge is 0.293 e. The van der Waals surface area contributed by atoms with Gasteiger partial charge >= 0.3 is 0 Å². The second-order valence-electron chi connectivity index (χ2n) is 5.57. The molecule has 10 nitrogen and oxygen atoms in total. The van der Waals surface area contributed by atoms with Gasteiger partial charge in [0.25, 0.3) is 17.5 Å². The minimum atomic E-state index is -0.655. The van der Waals surface area contributed by atoms with E-state index in [1.165, 1.54) is 54.9 Å². The molecule has 0 unspecified atom stereocenters. The zero-order chi connectivity index (χ0) is 20.8. The van der Waals surface area contributed by atoms with Crippen molar-refractivity contribution >= 4 is 34.8 Å². The van der Waals surface area contributed by atoms with Crippen LogP contribution in [0.1, 0.15) is 20.9 Å². The van der Waals surface area contributed by atoms with E-state index in [-0.39, 0.29) is 22.3 Å². The largest absolute Gasteiger partial charge is 0.451 e. The fraction of sp³-hybridized carbons (Fsp3) is 0. The van der Waals surface area contributed by atoms with Gasteiger partial charge in [-0.2, -0.15) is 0 Å². The van der Waals surface area contributed by atoms with Crippen LogP contribution in [0.15, 0.2) is 65.3 Å². The molecule has 0 saturated carbocycles. The Kier molecular flexibility index (Phi) is 5.90. The van der Waals surface area contributed by atoms with Gasteiger partial charge in [-0.25, -0.2) is 0 Å². The predicted molar refractivity (Wildman–Crippen MR) is 106 cm³/mol. The van der Waals surface area contributed by atoms with E-state index in [0.29, 0.717) is 11.1 Å². The number of carbonyl (C=O) groups is 2. The second kappa shape index (κ2) is 8.71. The standard InChI is InChI=1S/C18H13N5O5S/c24-16(11-6-8-19-9-7-11)21-22-18(29)20-17(25)15-5-4-14(28-15)12-2-1-3-13(10-12)23(26)27/h1-10H,(H,21,24)(H2,20,22,25,29). The van der Waals surface area contributed by atoms with E-state index in [0.717, 1.165) is 0 Å². The van der Waals surface area contributed by atoms with Crippen LogP contribution in [0.25, 0.3) is 11.3 Å². The summed E-state index contributed by atoms with van der Waals surface area (Å²) in [6.07, 6.45) is 2.93. The lowest BCUT2D eigenvalue weighted by molar-refractivity contribution is -0.384. The molecule has 2 heterocycles. The number of nitrogens with one attached hydrogen (secondary N) is 3. The number of hydrazine groups is 1. The molecule has 0 bridgehead atoms. The van der Waals surface area contributed by atoms with Gasteiger partial charge in [-0.15, -0.1) is 0 Å². The molecule has 0 aliphatic carbocycles. The SMILES string of the molecule is O=C(NNC(=S)NC(=O)c1ccc(-c2cccc([N+](=O)[O-])c2)o1)c1ccncc1. The number of hydrogen-bond donors (Lipinski definition) is 3. The number of thiocarbonyl (C=S) groups is 1. The molecule has 0 atom stereocenters. The van der Waals surface area contributed by atoms with Crippen LogP contribution in [0.5, 0.6) is 0 Å². The number of rotatable bonds is 4. The van der Waals surface area contributed by atoms with Crippen molar-refractivity contribution in [3.8, 4) is 11.3 Å². The van der Waals surface area contributed by atoms with E-state index in [1.54, 1.807) is 6.07 Å². The molecule has 0 aliphatic heterocycles. The van der Waals surface area contributed by atoms with Gasteiger partial charge in [0.15, 0.2) is 10.9 Å². The number of nitro groups is 1. The van der Waals surface area contributed by atoms with Crippen LogP contribution in [0.2, 0.25) is 0 Å². The summed E-state index contributed by atoms with van der Waals surface area (Å²) in [6.45, 7) is 0. The van der Waals surface area contributed by atoms with Gasteiger partial charge in [-0.1, -0.05) is 12.1 Å². The topological polar surface area (TPSA) is 139 Å². The van der Waals surface area contributed by atoms with Crippen molar-refractivity contribution in [1.82, 2.24) is 21.2 Å². The number of nitrogens with zero attached hydrogens (tertiary/aromatic N) is 2. The molecule has 0 aliphatic rings. The zero-order valence-electron chi connectivity index (χ0n) is 14.6. The van der Waals surface area contributed by atoms with Gasteiger partial charge in [0.1, 0.15) is 5.76 Å². The number of furan rings is 1. The van der Waals surface area contributed by atoms with E-state index in [2.05, 4.69) is 21.2 Å². The Bertz CT molecular complexity index is 1080. The number of nitro benzene ring substituents is 1. The average molecular weight is 411 g/mol. The molecule has 3 N–H and O–H groups in total. The molecule has 146 valence electrons. The van der Waals surface area contributed by atoms with Gasteiger partial charge in [0.2, 0.25) is 0 Å². The van der Waals surface area contributed by atoms with E-state index >= 15 is 0 Å². The lowest BCUT2D eigenvalue weighted by atomic mass is 10.1. The highest BCUT2D eigenvalue weighted by Gasteiger charge is 2.15. The van der Waals surface area contributed by atoms with Crippen LogP contribution >= 0.6 is 12.2 Å². The maximum atomic E-state index is 12.2. The van der Waals surface area contributed by atoms with Crippen LogP contribution in [0.3, 0.4) is 0 Å². The molecule has 3 rings (SSSR count). The fourth-order valence-electron chi connectivity index (χ4n) is 2.27. The fourth-order valence-corrected chi connectivity index (χ4v) is 2.42. The summed E-state index contributed by atoms with van der Waals surface area (Å²) in [5.41, 5.74) is 5.45. The summed E-state index contributed by atoms with van der Waals surface area (Å²) < 4.78 is 5.45. The number of carbonyl (C=O) groups excluding carboxylic acids is 2. The molecule has 1 aromatic carbocycles. The first-order valence-electron chi connectivity index (χ1n) is 8.10. The predicted octanol–water partition coefficient (Wildman–Crippen LogP) is 2.20. The highest BCUT2D eigenvalue weighted by atomic mass is 32.1. The minimum absolute atomic E-state index is 0.0592. The lowest BCUT2D eigenvalue weighted by Crippen LogP contribution is -2.48. The third-order valence-electron chi connectivity index (χ3n) is 3.63. The van der Waals surface area contributed by atoms with Crippen molar-refractivity contribution in [1.29, 1.82) is 0 Å². The maximum absolute atomic E-state index is 12.2. The van der Waals surface area contributed by atoms with Crippen molar-refractivity contribution in [3.63, 3.8) is 0 Å². The number of non-ortho nitro benzene ring substituents is 1. The van der Waals surface area contributed by atoms with Gasteiger partial charge in [0, 0.05) is 35.7 Å². The van der Waals surface area contributed by atoms with Crippen molar-refractivity contribution < 1.29 is 18.9 Å². The molecule has 0 fully saturated rings. The third kappa shape index (κ3) is 4.99. The molecule has 0 saturated heterocycles. The maximum Gasteiger partial charge on any atom is 0.293 e. The first kappa shape index (κ1) is 19.6. The van der Waals surface area contributed by atoms with Crippen LogP contribution in [-0.2, 0) is 0 Å². The van der Waals surface area contributed by atoms with Crippen molar-refractivity contribution in [2.75, 3.05) is 0 Å². The van der Waals surface area contributed by atoms with E-state index < -0.39 is 16.7 Å². The van der Waals surface area contributed by atoms with E-state index in [4.69, 9.17) is 16.6 Å². The molecule has 2 amide bonds. The number of benzene rings is 1. The summed E-state index contributed by atoms with van der Waals surface area (Å²) in [6, 6.07) is 11.8. The summed E-state index contributed by atoms with van der Waals surface area (Å²) in [5.74, 6) is -0.896. The molecular formula is C18H13N5O5S. The van der Waals surface area contributed by atoms with Crippen molar-refractivity contribution in [2.45, 2.75) is 0 Å². The molecule has 2 aromatic heterocycles. The molecule has 11 heteroatoms. The molecule has 29 heavy (non-hydrogen) atoms. The van der Waals surface area contributed by atoms with Crippen molar-refractivity contribution in [2.24, 2.45) is 0 Å². The Labute approximate surface area is 169 Å². The highest BCUT2D eigenvalue weighted by molar-refractivity contribution is 7.80. The quantitative estimate of drug-likeness (QED) is 0.337. The third-order valence-corrected chi connectivity index (χ3v) is 3.83. The van der Waals surface area contributed by atoms with Crippen molar-refractivity contribution in [3.05, 3.63) is 82.4 Å². The van der Waals surface area contributed by atoms with Gasteiger partial charge in [-0.05, 0) is 36.5 Å². The van der Waals surface area contributed by atoms with Crippen LogP contribution in [0.4, 0.5) is 5.69 Å². The Balaban J connectivity index is 1.59. The lowest BCUT2D eigenvalue weighted by Gasteiger charge is -2.09. The summed E-state index contributed by atoms with van der Waals surface area (Å²) in [5, 5.41) is 13.1. The first-order valence-corrected chi connectivity index (χ1v) is 8.51. The van der Waals surface area contributed by atoms with Crippen LogP contribution < -0.4 is 16.2 Å². The summed E-state index contributed by atoms with van der Waals surface area (Å²) in [4.78, 5) is 38.3. The van der Waals surface area contributed by atoms with Gasteiger partial charge in [-0.3, -0.25) is 40.9 Å². The molecule has 3 aromatic rings. The zero-order valence-corrected chi connectivity index (χ0v) is 15.4. The Morgan fingerprint density at radius 3 is 2.52 bits per heavy atom. The van der Waals surface area contributed by atoms with Crippen LogP contribution in [-0.4, -0.2) is 26.8 Å². The highest BCUT2D eigenvalue weighted by Crippen LogP contribution is 2.25. The monoisotopic (exact) mass is 411 g/mol. The number of amides is 2. The normalized spacial score (nSPS) is 10.1. The van der Waals surface area contributed by atoms with E-state index in [1.807, 2.05) is 0 Å². The molecule has 0 radical (unpaired) electrons. The van der Waals surface area contributed by atoms with E-state index in [9.17, 15) is 19.7 Å². The average Bonchev–Trinajstić information content (AvgIpc) is 3.23. The van der Waals surface area contributed by atoms with Gasteiger partial charge in [0.05, 0.1) is 4.92 Å². The van der Waals surface area contributed by atoms with Crippen LogP contribution in [0, 0.1) is 10.1 Å². The van der Waals surface area contributed by atoms with Gasteiger partial charge < -0.3 is 4.42 Å². The Hall–Kier alpha value is -4.12. The number of pyridine rings is 1. The summed E-state index contributed by atoms with van der Waals surface area (Å²) in [7, 11) is 0. The second-order valence-corrected chi connectivity index (χ2v) is 5.98. The molecule has 0 spiro atoms. The number of hydrogen-bond acceptors (Lipinski definition) is 7. The minimum Gasteiger partial charge on any atom is -0.451 e. The Morgan fingerprint density at radius 2 is 1.79 bits per heavy atom. The number of aromatic nitrogens is 1.